The number of fused-ring (bicyclic) bond motifs is 6. The van der Waals surface area contributed by atoms with E-state index in [1.807, 2.05) is 12.1 Å². The van der Waals surface area contributed by atoms with Crippen molar-refractivity contribution in [2.45, 2.75) is 104 Å². The molecule has 7 aromatic carbocycles. The number of rotatable bonds is 4. The summed E-state index contributed by atoms with van der Waals surface area (Å²) in [4.78, 5) is 4.84. The van der Waals surface area contributed by atoms with Gasteiger partial charge in [-0.25, -0.2) is 0 Å². The Kier molecular flexibility index (Phi) is 7.35. The summed E-state index contributed by atoms with van der Waals surface area (Å²) >= 11 is 0. The maximum absolute atomic E-state index is 9.08. The minimum absolute atomic E-state index is 0.0204. The molecule has 0 amide bonds. The molecule has 0 bridgehead atoms. The SMILES string of the molecule is [2H]C([2H])([2H])c1cc2c3c(c1)N(c1cc(-c4ccccc4)ccc1C)c1cc(-c4ccccc4)ccc1B3c1cc3c(cc1N2c1ccc2c(c1)C(C)(C)CC2(C)C)C(C)(C)CC3(C)C. The molecule has 302 valence electrons. The molecule has 0 aromatic heterocycles. The maximum Gasteiger partial charge on any atom is 0.252 e. The maximum atomic E-state index is 9.08. The van der Waals surface area contributed by atoms with Crippen molar-refractivity contribution < 1.29 is 4.11 Å². The van der Waals surface area contributed by atoms with E-state index in [1.54, 1.807) is 0 Å². The Hall–Kier alpha value is -5.80. The Labute approximate surface area is 368 Å². The van der Waals surface area contributed by atoms with Crippen molar-refractivity contribution in [2.75, 3.05) is 9.80 Å². The quantitative estimate of drug-likeness (QED) is 0.164. The van der Waals surface area contributed by atoms with Crippen LogP contribution in [0.3, 0.4) is 0 Å². The van der Waals surface area contributed by atoms with E-state index in [-0.39, 0.29) is 28.4 Å². The zero-order valence-corrected chi connectivity index (χ0v) is 37.2. The molecule has 11 rings (SSSR count). The molecule has 0 saturated carbocycles. The first kappa shape index (κ1) is 34.9. The molecule has 2 nitrogen and oxygen atoms in total. The molecule has 4 aliphatic rings. The van der Waals surface area contributed by atoms with Crippen LogP contribution in [0.2, 0.25) is 0 Å². The first-order valence-electron chi connectivity index (χ1n) is 23.7. The Morgan fingerprint density at radius 1 is 0.443 bits per heavy atom. The highest BCUT2D eigenvalue weighted by Crippen LogP contribution is 2.55. The lowest BCUT2D eigenvalue weighted by atomic mass is 9.33. The van der Waals surface area contributed by atoms with Crippen molar-refractivity contribution in [2.24, 2.45) is 0 Å². The van der Waals surface area contributed by atoms with Gasteiger partial charge in [-0.15, -0.1) is 0 Å². The average Bonchev–Trinajstić information content (AvgIpc) is 3.56. The minimum Gasteiger partial charge on any atom is -0.311 e. The monoisotopic (exact) mass is 795 g/mol. The van der Waals surface area contributed by atoms with Gasteiger partial charge in [0.25, 0.3) is 6.71 Å². The molecule has 0 atom stereocenters. The first-order chi connectivity index (χ1) is 30.2. The van der Waals surface area contributed by atoms with Crippen molar-refractivity contribution in [3.8, 4) is 22.3 Å². The fraction of sp³-hybridized carbons (Fsp3) is 0.276. The van der Waals surface area contributed by atoms with Crippen molar-refractivity contribution in [1.29, 1.82) is 0 Å². The average molecular weight is 796 g/mol. The van der Waals surface area contributed by atoms with Crippen LogP contribution >= 0.6 is 0 Å². The fourth-order valence-electron chi connectivity index (χ4n) is 12.6. The summed E-state index contributed by atoms with van der Waals surface area (Å²) in [6, 6.07) is 51.0. The number of aryl methyl sites for hydroxylation is 2. The molecule has 0 N–H and O–H groups in total. The van der Waals surface area contributed by atoms with Gasteiger partial charge in [0.1, 0.15) is 0 Å². The highest BCUT2D eigenvalue weighted by atomic mass is 15.2. The highest BCUT2D eigenvalue weighted by molar-refractivity contribution is 7.00. The standard InChI is InChI=1S/C58H57BN2/c1-36-27-52-54-53(28-36)61(49-29-40(22-21-37(49)2)38-17-13-11-14-18-38)50-30-41(39-19-15-12-16-20-39)23-26-47(50)59(54)48-32-45-46(58(9,10)35-57(45,7)8)33-51(48)60(52)42-24-25-43-44(31-42)56(5,6)34-55(43,3)4/h11-33H,34-35H2,1-10H3/i1D3. The number of hydrogen-bond acceptors (Lipinski definition) is 2. The largest absolute Gasteiger partial charge is 0.311 e. The zero-order valence-electron chi connectivity index (χ0n) is 40.2. The van der Waals surface area contributed by atoms with Crippen molar-refractivity contribution in [3.05, 3.63) is 173 Å². The molecule has 0 spiro atoms. The van der Waals surface area contributed by atoms with Crippen LogP contribution in [-0.4, -0.2) is 6.71 Å². The van der Waals surface area contributed by atoms with Crippen LogP contribution in [0.5, 0.6) is 0 Å². The zero-order chi connectivity index (χ0) is 44.9. The number of anilines is 6. The van der Waals surface area contributed by atoms with Gasteiger partial charge in [-0.3, -0.25) is 0 Å². The van der Waals surface area contributed by atoms with Gasteiger partial charge in [0, 0.05) is 38.2 Å². The van der Waals surface area contributed by atoms with Crippen LogP contribution in [0.15, 0.2) is 140 Å². The fourth-order valence-corrected chi connectivity index (χ4v) is 12.6. The summed E-state index contributed by atoms with van der Waals surface area (Å²) in [7, 11) is 0. The van der Waals surface area contributed by atoms with Crippen LogP contribution in [0.1, 0.15) is 106 Å². The molecule has 7 aromatic rings. The Bertz CT molecular complexity index is 3070. The molecule has 2 aliphatic carbocycles. The van der Waals surface area contributed by atoms with E-state index in [4.69, 9.17) is 4.11 Å². The number of benzene rings is 7. The Morgan fingerprint density at radius 2 is 0.967 bits per heavy atom. The lowest BCUT2D eigenvalue weighted by Crippen LogP contribution is -2.61. The normalized spacial score (nSPS) is 18.9. The number of hydrogen-bond donors (Lipinski definition) is 0. The van der Waals surface area contributed by atoms with Gasteiger partial charge in [0.2, 0.25) is 0 Å². The van der Waals surface area contributed by atoms with Gasteiger partial charge in [-0.1, -0.05) is 152 Å². The third-order valence-electron chi connectivity index (χ3n) is 14.8. The van der Waals surface area contributed by atoms with E-state index in [0.29, 0.717) is 5.56 Å². The summed E-state index contributed by atoms with van der Waals surface area (Å²) < 4.78 is 27.3. The lowest BCUT2D eigenvalue weighted by molar-refractivity contribution is 0.403. The summed E-state index contributed by atoms with van der Waals surface area (Å²) in [5.41, 5.74) is 21.3. The summed E-state index contributed by atoms with van der Waals surface area (Å²) in [5.74, 6) is 0. The van der Waals surface area contributed by atoms with Gasteiger partial charge in [-0.2, -0.15) is 0 Å². The second-order valence-corrected chi connectivity index (χ2v) is 21.1. The molecule has 0 radical (unpaired) electrons. The first-order valence-corrected chi connectivity index (χ1v) is 22.2. The van der Waals surface area contributed by atoms with Gasteiger partial charge in [0.15, 0.2) is 0 Å². The number of nitrogens with zero attached hydrogens (tertiary/aromatic N) is 2. The molecule has 3 heteroatoms. The van der Waals surface area contributed by atoms with E-state index < -0.39 is 6.85 Å². The van der Waals surface area contributed by atoms with Crippen LogP contribution in [0.25, 0.3) is 22.3 Å². The van der Waals surface area contributed by atoms with Gasteiger partial charge in [0.05, 0.1) is 0 Å². The van der Waals surface area contributed by atoms with Gasteiger partial charge in [-0.05, 0) is 163 Å². The summed E-state index contributed by atoms with van der Waals surface area (Å²) in [5, 5.41) is 0. The van der Waals surface area contributed by atoms with E-state index in [0.717, 1.165) is 80.2 Å². The molecule has 0 unspecified atom stereocenters. The Balaban J connectivity index is 1.27. The molecular weight excluding hydrogens is 735 g/mol. The van der Waals surface area contributed by atoms with Crippen molar-refractivity contribution >= 4 is 57.2 Å². The second-order valence-electron chi connectivity index (χ2n) is 21.1. The molecule has 0 fully saturated rings. The summed E-state index contributed by atoms with van der Waals surface area (Å²) in [6.07, 6.45) is 2.12. The minimum atomic E-state index is -2.36. The molecule has 2 heterocycles. The molecule has 0 saturated heterocycles. The molecule has 2 aliphatic heterocycles. The van der Waals surface area contributed by atoms with Gasteiger partial charge < -0.3 is 9.80 Å². The smallest absolute Gasteiger partial charge is 0.252 e. The van der Waals surface area contributed by atoms with Crippen LogP contribution in [0.4, 0.5) is 34.1 Å². The lowest BCUT2D eigenvalue weighted by Gasteiger charge is -2.45. The van der Waals surface area contributed by atoms with E-state index in [2.05, 4.69) is 200 Å². The van der Waals surface area contributed by atoms with Gasteiger partial charge >= 0.3 is 0 Å². The van der Waals surface area contributed by atoms with Crippen molar-refractivity contribution in [1.82, 2.24) is 0 Å². The predicted molar refractivity (Wildman–Crippen MR) is 262 cm³/mol. The van der Waals surface area contributed by atoms with Crippen molar-refractivity contribution in [3.63, 3.8) is 0 Å². The van der Waals surface area contributed by atoms with Crippen LogP contribution in [0, 0.1) is 13.8 Å². The van der Waals surface area contributed by atoms with Crippen LogP contribution in [-0.2, 0) is 21.7 Å². The third kappa shape index (κ3) is 5.68. The van der Waals surface area contributed by atoms with E-state index in [9.17, 15) is 0 Å². The predicted octanol–water partition coefficient (Wildman–Crippen LogP) is 13.6. The Morgan fingerprint density at radius 3 is 1.59 bits per heavy atom. The van der Waals surface area contributed by atoms with Crippen LogP contribution < -0.4 is 26.2 Å². The summed E-state index contributed by atoms with van der Waals surface area (Å²) in [6.45, 7) is 18.8. The topological polar surface area (TPSA) is 6.48 Å². The molecular formula is C58H57BN2. The third-order valence-corrected chi connectivity index (χ3v) is 14.8. The second kappa shape index (κ2) is 12.9. The van der Waals surface area contributed by atoms with E-state index in [1.165, 1.54) is 33.2 Å². The van der Waals surface area contributed by atoms with E-state index >= 15 is 0 Å². The molecule has 61 heavy (non-hydrogen) atoms. The highest BCUT2D eigenvalue weighted by Gasteiger charge is 2.49.